The summed E-state index contributed by atoms with van der Waals surface area (Å²) < 4.78 is 34.5. The van der Waals surface area contributed by atoms with Crippen molar-refractivity contribution in [2.75, 3.05) is 14.2 Å². The van der Waals surface area contributed by atoms with Crippen molar-refractivity contribution in [2.45, 2.75) is 0 Å². The highest BCUT2D eigenvalue weighted by molar-refractivity contribution is 6.14. The number of halogens is 1. The predicted octanol–water partition coefficient (Wildman–Crippen LogP) is 4.68. The summed E-state index contributed by atoms with van der Waals surface area (Å²) in [6.45, 7) is 0. The molecule has 0 saturated carbocycles. The highest BCUT2D eigenvalue weighted by Crippen LogP contribution is 2.36. The van der Waals surface area contributed by atoms with Crippen LogP contribution < -0.4 is 18.9 Å². The van der Waals surface area contributed by atoms with Gasteiger partial charge in [0.05, 0.1) is 25.3 Å². The van der Waals surface area contributed by atoms with Crippen molar-refractivity contribution >= 4 is 17.8 Å². The fourth-order valence-corrected chi connectivity index (χ4v) is 3.08. The first kappa shape index (κ1) is 20.2. The van der Waals surface area contributed by atoms with Crippen LogP contribution in [0.15, 0.2) is 66.4 Å². The van der Waals surface area contributed by atoms with E-state index in [9.17, 15) is 14.0 Å². The lowest BCUT2D eigenvalue weighted by Gasteiger charge is -2.08. The van der Waals surface area contributed by atoms with Gasteiger partial charge in [-0.05, 0) is 60.2 Å². The average Bonchev–Trinajstić information content (AvgIpc) is 3.08. The second kappa shape index (κ2) is 8.31. The number of carbonyl (C=O) groups is 2. The first-order valence-corrected chi connectivity index (χ1v) is 9.26. The van der Waals surface area contributed by atoms with Crippen LogP contribution in [0.5, 0.6) is 23.0 Å². The summed E-state index contributed by atoms with van der Waals surface area (Å²) in [6, 6.07) is 14.7. The Morgan fingerprint density at radius 1 is 0.935 bits per heavy atom. The molecular weight excluding hydrogens is 403 g/mol. The van der Waals surface area contributed by atoms with E-state index in [0.29, 0.717) is 22.6 Å². The first-order chi connectivity index (χ1) is 15.0. The highest BCUT2D eigenvalue weighted by Gasteiger charge is 2.28. The van der Waals surface area contributed by atoms with Gasteiger partial charge in [-0.25, -0.2) is 9.18 Å². The van der Waals surface area contributed by atoms with E-state index in [-0.39, 0.29) is 28.6 Å². The van der Waals surface area contributed by atoms with E-state index < -0.39 is 11.8 Å². The molecule has 0 aromatic heterocycles. The summed E-state index contributed by atoms with van der Waals surface area (Å²) in [7, 11) is 3.06. The Hall–Kier alpha value is -4.13. The van der Waals surface area contributed by atoms with E-state index in [1.54, 1.807) is 24.3 Å². The molecule has 0 bridgehead atoms. The third-order valence-electron chi connectivity index (χ3n) is 4.64. The molecule has 0 N–H and O–H groups in total. The quantitative estimate of drug-likeness (QED) is 0.339. The van der Waals surface area contributed by atoms with Crippen LogP contribution in [0.3, 0.4) is 0 Å². The Balaban J connectivity index is 1.55. The van der Waals surface area contributed by atoms with Crippen molar-refractivity contribution in [2.24, 2.45) is 0 Å². The first-order valence-electron chi connectivity index (χ1n) is 9.26. The molecule has 31 heavy (non-hydrogen) atoms. The minimum atomic E-state index is -0.648. The zero-order valence-corrected chi connectivity index (χ0v) is 16.7. The smallest absolute Gasteiger partial charge is 0.343 e. The van der Waals surface area contributed by atoms with Crippen LogP contribution in [0.25, 0.3) is 6.08 Å². The molecule has 0 atom stereocenters. The van der Waals surface area contributed by atoms with Crippen LogP contribution in [0.4, 0.5) is 4.39 Å². The summed E-state index contributed by atoms with van der Waals surface area (Å²) in [5, 5.41) is 0. The Kier molecular flexibility index (Phi) is 5.41. The predicted molar refractivity (Wildman–Crippen MR) is 110 cm³/mol. The molecule has 156 valence electrons. The highest BCUT2D eigenvalue weighted by atomic mass is 19.1. The molecule has 0 aliphatic carbocycles. The van der Waals surface area contributed by atoms with Crippen LogP contribution in [0.2, 0.25) is 0 Å². The van der Waals surface area contributed by atoms with Gasteiger partial charge in [0.25, 0.3) is 0 Å². The molecule has 0 amide bonds. The molecule has 0 unspecified atom stereocenters. The number of ether oxygens (including phenoxy) is 4. The molecule has 1 aliphatic heterocycles. The number of ketones is 1. The van der Waals surface area contributed by atoms with Crippen LogP contribution in [0.1, 0.15) is 26.3 Å². The molecule has 0 fully saturated rings. The summed E-state index contributed by atoms with van der Waals surface area (Å²) in [5.74, 6) is 0.314. The van der Waals surface area contributed by atoms with Gasteiger partial charge in [-0.1, -0.05) is 6.07 Å². The number of hydrogen-bond donors (Lipinski definition) is 0. The van der Waals surface area contributed by atoms with E-state index in [1.165, 1.54) is 56.7 Å². The van der Waals surface area contributed by atoms with Crippen molar-refractivity contribution in [3.05, 3.63) is 88.9 Å². The van der Waals surface area contributed by atoms with E-state index in [4.69, 9.17) is 18.9 Å². The number of rotatable bonds is 5. The monoisotopic (exact) mass is 420 g/mol. The number of fused-ring (bicyclic) bond motifs is 1. The maximum Gasteiger partial charge on any atom is 0.343 e. The Bertz CT molecular complexity index is 1200. The summed E-state index contributed by atoms with van der Waals surface area (Å²) in [5.41, 5.74) is 1.25. The average molecular weight is 420 g/mol. The molecule has 0 radical (unpaired) electrons. The molecule has 1 heterocycles. The molecule has 7 heteroatoms. The minimum Gasteiger partial charge on any atom is -0.493 e. The summed E-state index contributed by atoms with van der Waals surface area (Å²) in [6.07, 6.45) is 1.59. The number of esters is 1. The van der Waals surface area contributed by atoms with Crippen molar-refractivity contribution in [3.8, 4) is 23.0 Å². The Morgan fingerprint density at radius 2 is 1.68 bits per heavy atom. The minimum absolute atomic E-state index is 0.129. The lowest BCUT2D eigenvalue weighted by atomic mass is 10.1. The second-order valence-electron chi connectivity index (χ2n) is 6.61. The zero-order valence-electron chi connectivity index (χ0n) is 16.7. The molecule has 6 nitrogen and oxygen atoms in total. The molecule has 3 aromatic carbocycles. The van der Waals surface area contributed by atoms with Crippen molar-refractivity contribution in [1.29, 1.82) is 0 Å². The number of allylic oxidation sites excluding steroid dienone is 1. The van der Waals surface area contributed by atoms with Crippen LogP contribution in [-0.2, 0) is 0 Å². The number of Topliss-reactive ketones (excluding diaryl/α,β-unsaturated/α-hetero) is 1. The molecule has 4 rings (SSSR count). The standard InChI is InChI=1S/C24H17FO6/c1-28-19-10-3-14(11-21(19)29-2)12-22-23(26)18-9-8-17(13-20(18)31-22)30-24(27)15-4-6-16(25)7-5-15/h3-13H,1-2H3. The lowest BCUT2D eigenvalue weighted by Crippen LogP contribution is -2.08. The number of methoxy groups -OCH3 is 2. The van der Waals surface area contributed by atoms with E-state index in [2.05, 4.69) is 0 Å². The van der Waals surface area contributed by atoms with Gasteiger partial charge in [-0.15, -0.1) is 0 Å². The summed E-state index contributed by atoms with van der Waals surface area (Å²) >= 11 is 0. The molecular formula is C24H17FO6. The summed E-state index contributed by atoms with van der Waals surface area (Å²) in [4.78, 5) is 24.9. The van der Waals surface area contributed by atoms with Crippen molar-refractivity contribution < 1.29 is 32.9 Å². The number of carbonyl (C=O) groups excluding carboxylic acids is 2. The topological polar surface area (TPSA) is 71.1 Å². The van der Waals surface area contributed by atoms with Gasteiger partial charge in [-0.3, -0.25) is 4.79 Å². The van der Waals surface area contributed by atoms with Gasteiger partial charge in [0.1, 0.15) is 17.3 Å². The largest absolute Gasteiger partial charge is 0.493 e. The van der Waals surface area contributed by atoms with Gasteiger partial charge in [0.15, 0.2) is 17.3 Å². The van der Waals surface area contributed by atoms with E-state index >= 15 is 0 Å². The van der Waals surface area contributed by atoms with Gasteiger partial charge >= 0.3 is 5.97 Å². The fraction of sp³-hybridized carbons (Fsp3) is 0.0833. The van der Waals surface area contributed by atoms with Gasteiger partial charge in [0, 0.05) is 6.07 Å². The van der Waals surface area contributed by atoms with E-state index in [0.717, 1.165) is 0 Å². The molecule has 0 saturated heterocycles. The number of hydrogen-bond acceptors (Lipinski definition) is 6. The van der Waals surface area contributed by atoms with Gasteiger partial charge < -0.3 is 18.9 Å². The van der Waals surface area contributed by atoms with Gasteiger partial charge in [0.2, 0.25) is 5.78 Å². The van der Waals surface area contributed by atoms with Crippen molar-refractivity contribution in [1.82, 2.24) is 0 Å². The van der Waals surface area contributed by atoms with E-state index in [1.807, 2.05) is 0 Å². The molecule has 0 spiro atoms. The van der Waals surface area contributed by atoms with Crippen LogP contribution in [-0.4, -0.2) is 26.0 Å². The SMILES string of the molecule is COc1ccc(C=C2Oc3cc(OC(=O)c4ccc(F)cc4)ccc3C2=O)cc1OC. The third-order valence-corrected chi connectivity index (χ3v) is 4.64. The second-order valence-corrected chi connectivity index (χ2v) is 6.61. The van der Waals surface area contributed by atoms with Crippen molar-refractivity contribution in [3.63, 3.8) is 0 Å². The van der Waals surface area contributed by atoms with Gasteiger partial charge in [-0.2, -0.15) is 0 Å². The lowest BCUT2D eigenvalue weighted by molar-refractivity contribution is 0.0734. The zero-order chi connectivity index (χ0) is 22.0. The normalized spacial score (nSPS) is 13.5. The fourth-order valence-electron chi connectivity index (χ4n) is 3.08. The maximum absolute atomic E-state index is 13.0. The van der Waals surface area contributed by atoms with Crippen LogP contribution in [0, 0.1) is 5.82 Å². The maximum atomic E-state index is 13.0. The van der Waals surface area contributed by atoms with Crippen LogP contribution >= 0.6 is 0 Å². The molecule has 1 aliphatic rings. The Labute approximate surface area is 177 Å². The number of benzene rings is 3. The Morgan fingerprint density at radius 3 is 2.39 bits per heavy atom. The third kappa shape index (κ3) is 4.11. The molecule has 3 aromatic rings.